The summed E-state index contributed by atoms with van der Waals surface area (Å²) in [4.78, 5) is 0. The smallest absolute Gasteiger partial charge is 0.126 e. The van der Waals surface area contributed by atoms with Crippen molar-refractivity contribution in [1.82, 2.24) is 5.32 Å². The normalized spacial score (nSPS) is 26.7. The Morgan fingerprint density at radius 3 is 2.72 bits per heavy atom. The van der Waals surface area contributed by atoms with Gasteiger partial charge in [-0.25, -0.2) is 4.39 Å². The first-order chi connectivity index (χ1) is 8.72. The van der Waals surface area contributed by atoms with Crippen molar-refractivity contribution in [1.29, 1.82) is 0 Å². The van der Waals surface area contributed by atoms with Crippen LogP contribution < -0.4 is 5.32 Å². The van der Waals surface area contributed by atoms with E-state index in [1.54, 1.807) is 13.0 Å². The molecule has 18 heavy (non-hydrogen) atoms. The van der Waals surface area contributed by atoms with Crippen LogP contribution in [0.5, 0.6) is 0 Å². The zero-order valence-electron chi connectivity index (χ0n) is 10.5. The highest BCUT2D eigenvalue weighted by Crippen LogP contribution is 2.37. The van der Waals surface area contributed by atoms with Crippen molar-refractivity contribution >= 4 is 0 Å². The number of hydrogen-bond donors (Lipinski definition) is 1. The van der Waals surface area contributed by atoms with Gasteiger partial charge in [0.1, 0.15) is 5.82 Å². The Labute approximate surface area is 106 Å². The van der Waals surface area contributed by atoms with E-state index in [2.05, 4.69) is 5.32 Å². The van der Waals surface area contributed by atoms with Gasteiger partial charge >= 0.3 is 0 Å². The van der Waals surface area contributed by atoms with E-state index in [0.717, 1.165) is 18.7 Å². The molecule has 1 N–H and O–H groups in total. The van der Waals surface area contributed by atoms with E-state index in [-0.39, 0.29) is 17.3 Å². The predicted molar refractivity (Wildman–Crippen MR) is 66.2 cm³/mol. The first-order valence-electron chi connectivity index (χ1n) is 6.38. The minimum Gasteiger partial charge on any atom is -0.379 e. The largest absolute Gasteiger partial charge is 0.379 e. The third-order valence-electron chi connectivity index (χ3n) is 4.04. The van der Waals surface area contributed by atoms with Gasteiger partial charge in [-0.2, -0.15) is 0 Å². The second kappa shape index (κ2) is 4.61. The molecule has 0 aliphatic carbocycles. The number of aryl methyl sites for hydroxylation is 1. The average Bonchev–Trinajstić information content (AvgIpc) is 2.34. The number of nitrogens with one attached hydrogen (secondary N) is 1. The van der Waals surface area contributed by atoms with Gasteiger partial charge in [-0.3, -0.25) is 0 Å². The minimum absolute atomic E-state index is 0.0567. The zero-order chi connectivity index (χ0) is 12.6. The summed E-state index contributed by atoms with van der Waals surface area (Å²) >= 11 is 0. The van der Waals surface area contributed by atoms with Crippen molar-refractivity contribution in [3.8, 4) is 0 Å². The third-order valence-corrected chi connectivity index (χ3v) is 4.04. The van der Waals surface area contributed by atoms with E-state index in [0.29, 0.717) is 25.4 Å². The van der Waals surface area contributed by atoms with Gasteiger partial charge in [-0.15, -0.1) is 0 Å². The van der Waals surface area contributed by atoms with Crippen LogP contribution >= 0.6 is 0 Å². The van der Waals surface area contributed by atoms with Crippen LogP contribution in [0.15, 0.2) is 18.2 Å². The van der Waals surface area contributed by atoms with Crippen molar-refractivity contribution < 1.29 is 13.9 Å². The number of morpholine rings is 1. The molecular formula is C14H18FNO2. The quantitative estimate of drug-likeness (QED) is 0.861. The lowest BCUT2D eigenvalue weighted by molar-refractivity contribution is -0.101. The van der Waals surface area contributed by atoms with Gasteiger partial charge in [0.25, 0.3) is 0 Å². The molecule has 2 saturated heterocycles. The van der Waals surface area contributed by atoms with Crippen LogP contribution in [0.1, 0.15) is 11.1 Å². The average molecular weight is 251 g/mol. The molecule has 0 amide bonds. The lowest BCUT2D eigenvalue weighted by Crippen LogP contribution is -2.63. The van der Waals surface area contributed by atoms with Crippen LogP contribution in [0.3, 0.4) is 0 Å². The summed E-state index contributed by atoms with van der Waals surface area (Å²) < 4.78 is 24.4. The molecule has 0 aromatic heterocycles. The molecule has 1 atom stereocenters. The maximum absolute atomic E-state index is 13.4. The highest BCUT2D eigenvalue weighted by molar-refractivity contribution is 5.35. The maximum Gasteiger partial charge on any atom is 0.126 e. The second-order valence-corrected chi connectivity index (χ2v) is 5.19. The van der Waals surface area contributed by atoms with Gasteiger partial charge in [-0.1, -0.05) is 12.1 Å². The van der Waals surface area contributed by atoms with Gasteiger partial charge in [0, 0.05) is 12.6 Å². The molecule has 1 aromatic carbocycles. The van der Waals surface area contributed by atoms with Gasteiger partial charge in [0.05, 0.1) is 31.8 Å². The molecular weight excluding hydrogens is 233 g/mol. The Bertz CT molecular complexity index is 439. The lowest BCUT2D eigenvalue weighted by Gasteiger charge is -2.49. The van der Waals surface area contributed by atoms with Crippen molar-refractivity contribution in [3.05, 3.63) is 35.1 Å². The molecule has 2 aliphatic heterocycles. The maximum atomic E-state index is 13.4. The highest BCUT2D eigenvalue weighted by atomic mass is 19.1. The molecule has 1 unspecified atom stereocenters. The van der Waals surface area contributed by atoms with Crippen LogP contribution in [0.25, 0.3) is 0 Å². The van der Waals surface area contributed by atoms with E-state index in [4.69, 9.17) is 9.47 Å². The fourth-order valence-electron chi connectivity index (χ4n) is 2.77. The molecule has 1 aromatic rings. The fraction of sp³-hybridized carbons (Fsp3) is 0.571. The van der Waals surface area contributed by atoms with E-state index in [1.165, 1.54) is 0 Å². The summed E-state index contributed by atoms with van der Waals surface area (Å²) in [6, 6.07) is 5.62. The minimum atomic E-state index is -0.151. The Morgan fingerprint density at radius 1 is 1.33 bits per heavy atom. The summed E-state index contributed by atoms with van der Waals surface area (Å²) in [6.07, 6.45) is 0. The van der Waals surface area contributed by atoms with Crippen molar-refractivity contribution in [3.63, 3.8) is 0 Å². The SMILES string of the molecule is Cc1cc(C2(C3COCCN3)COC2)ccc1F. The van der Waals surface area contributed by atoms with Crippen LogP contribution in [-0.4, -0.2) is 39.0 Å². The number of ether oxygens (including phenoxy) is 2. The van der Waals surface area contributed by atoms with E-state index in [1.807, 2.05) is 12.1 Å². The van der Waals surface area contributed by atoms with Crippen LogP contribution in [0.2, 0.25) is 0 Å². The predicted octanol–water partition coefficient (Wildman–Crippen LogP) is 1.39. The molecule has 0 spiro atoms. The molecule has 2 fully saturated rings. The van der Waals surface area contributed by atoms with Gasteiger partial charge < -0.3 is 14.8 Å². The molecule has 0 saturated carbocycles. The number of rotatable bonds is 2. The highest BCUT2D eigenvalue weighted by Gasteiger charge is 2.47. The Morgan fingerprint density at radius 2 is 2.17 bits per heavy atom. The Hall–Kier alpha value is -0.970. The summed E-state index contributed by atoms with van der Waals surface area (Å²) in [6.45, 7) is 5.48. The standard InChI is InChI=1S/C14H18FNO2/c1-10-6-11(2-3-12(10)15)14(8-18-9-14)13-7-17-5-4-16-13/h2-3,6,13,16H,4-5,7-9H2,1H3. The van der Waals surface area contributed by atoms with E-state index >= 15 is 0 Å². The zero-order valence-corrected chi connectivity index (χ0v) is 10.5. The van der Waals surface area contributed by atoms with Gasteiger partial charge in [0.2, 0.25) is 0 Å². The molecule has 98 valence electrons. The van der Waals surface area contributed by atoms with Gasteiger partial charge in [0.15, 0.2) is 0 Å². The topological polar surface area (TPSA) is 30.5 Å². The fourth-order valence-corrected chi connectivity index (χ4v) is 2.77. The Balaban J connectivity index is 1.92. The summed E-state index contributed by atoms with van der Waals surface area (Å²) in [5.74, 6) is -0.151. The second-order valence-electron chi connectivity index (χ2n) is 5.19. The molecule has 3 nitrogen and oxygen atoms in total. The first kappa shape index (κ1) is 12.1. The molecule has 2 aliphatic rings. The Kier molecular flexibility index (Phi) is 3.09. The van der Waals surface area contributed by atoms with Crippen molar-refractivity contribution in [2.24, 2.45) is 0 Å². The van der Waals surface area contributed by atoms with Crippen LogP contribution in [-0.2, 0) is 14.9 Å². The van der Waals surface area contributed by atoms with Crippen LogP contribution in [0.4, 0.5) is 4.39 Å². The summed E-state index contributed by atoms with van der Waals surface area (Å²) in [7, 11) is 0. The van der Waals surface area contributed by atoms with E-state index < -0.39 is 0 Å². The molecule has 4 heteroatoms. The number of halogens is 1. The summed E-state index contributed by atoms with van der Waals surface area (Å²) in [5.41, 5.74) is 1.78. The molecule has 2 heterocycles. The first-order valence-corrected chi connectivity index (χ1v) is 6.38. The molecule has 0 radical (unpaired) electrons. The molecule has 3 rings (SSSR count). The summed E-state index contributed by atoms with van der Waals surface area (Å²) in [5, 5.41) is 3.50. The van der Waals surface area contributed by atoms with Crippen LogP contribution in [0, 0.1) is 12.7 Å². The third kappa shape index (κ3) is 1.85. The molecule has 0 bridgehead atoms. The monoisotopic (exact) mass is 251 g/mol. The van der Waals surface area contributed by atoms with Crippen molar-refractivity contribution in [2.45, 2.75) is 18.4 Å². The van der Waals surface area contributed by atoms with Crippen molar-refractivity contribution in [2.75, 3.05) is 33.0 Å². The van der Waals surface area contributed by atoms with Gasteiger partial charge in [-0.05, 0) is 24.1 Å². The number of hydrogen-bond acceptors (Lipinski definition) is 3. The number of benzene rings is 1. The van der Waals surface area contributed by atoms with E-state index in [9.17, 15) is 4.39 Å². The lowest BCUT2D eigenvalue weighted by atomic mass is 9.72.